The monoisotopic (exact) mass is 1110 g/mol. The van der Waals surface area contributed by atoms with E-state index in [1.807, 2.05) is 0 Å². The second-order valence-corrected chi connectivity index (χ2v) is 23.7. The standard InChI is InChI=1S/C80H58N4O2/c1-49(2)51-29-35-59(36-30-51)81(69-25-15-27-71-77(69)63-21-11-13-23-67(63)83(71)57-17-7-5-8-18-57)61-39-33-53-45-65-75(47-55(53)43-61)85-73-41-42-74-80(79(65)73)66-46-54-34-40-62(44-56(54)48-76(66)86-74)82(60-37-31-52(32-38-60)50(3)4)70-26-16-28-72-78(70)64-22-12-14-24-68(64)84(72)58-19-9-6-10-20-58/h5-50H,1-4H3. The lowest BCUT2D eigenvalue weighted by atomic mass is 9.99. The maximum absolute atomic E-state index is 6.90. The number of benzene rings is 13. The minimum Gasteiger partial charge on any atom is -0.456 e. The highest BCUT2D eigenvalue weighted by molar-refractivity contribution is 6.28. The summed E-state index contributed by atoms with van der Waals surface area (Å²) in [6, 6.07) is 97.5. The Morgan fingerprint density at radius 3 is 1.08 bits per heavy atom. The fourth-order valence-electron chi connectivity index (χ4n) is 13.8. The molecule has 0 aliphatic carbocycles. The lowest BCUT2D eigenvalue weighted by Crippen LogP contribution is -2.10. The number of furan rings is 2. The highest BCUT2D eigenvalue weighted by atomic mass is 16.3. The summed E-state index contributed by atoms with van der Waals surface area (Å²) in [6.07, 6.45) is 0. The lowest BCUT2D eigenvalue weighted by Gasteiger charge is -2.27. The van der Waals surface area contributed by atoms with Crippen molar-refractivity contribution in [2.75, 3.05) is 9.80 Å². The molecule has 0 atom stereocenters. The van der Waals surface area contributed by atoms with Gasteiger partial charge in [0.1, 0.15) is 22.3 Å². The maximum Gasteiger partial charge on any atom is 0.136 e. The summed E-state index contributed by atoms with van der Waals surface area (Å²) >= 11 is 0. The first kappa shape index (κ1) is 49.8. The van der Waals surface area contributed by atoms with Gasteiger partial charge in [-0.15, -0.1) is 0 Å². The molecular weight excluding hydrogens is 1050 g/mol. The Kier molecular flexibility index (Phi) is 11.2. The molecule has 0 N–H and O–H groups in total. The van der Waals surface area contributed by atoms with Gasteiger partial charge >= 0.3 is 0 Å². The van der Waals surface area contributed by atoms with Crippen molar-refractivity contribution in [2.24, 2.45) is 0 Å². The second-order valence-electron chi connectivity index (χ2n) is 23.7. The smallest absolute Gasteiger partial charge is 0.136 e. The molecule has 0 saturated heterocycles. The number of hydrogen-bond donors (Lipinski definition) is 0. The molecule has 0 unspecified atom stereocenters. The average molecular weight is 1110 g/mol. The number of hydrogen-bond acceptors (Lipinski definition) is 4. The number of para-hydroxylation sites is 4. The number of rotatable bonds is 10. The maximum atomic E-state index is 6.90. The summed E-state index contributed by atoms with van der Waals surface area (Å²) in [6.45, 7) is 9.01. The third-order valence-electron chi connectivity index (χ3n) is 18.0. The molecule has 6 nitrogen and oxygen atoms in total. The molecule has 0 aliphatic heterocycles. The van der Waals surface area contributed by atoms with Crippen LogP contribution in [0.2, 0.25) is 0 Å². The Bertz CT molecular complexity index is 5190. The second kappa shape index (κ2) is 19.4. The molecule has 17 rings (SSSR count). The van der Waals surface area contributed by atoms with E-state index in [1.54, 1.807) is 0 Å². The fraction of sp³-hybridized carbons (Fsp3) is 0.0750. The normalized spacial score (nSPS) is 12.2. The van der Waals surface area contributed by atoms with Gasteiger partial charge in [0.05, 0.1) is 33.4 Å². The van der Waals surface area contributed by atoms with Gasteiger partial charge in [-0.1, -0.05) is 149 Å². The summed E-state index contributed by atoms with van der Waals surface area (Å²) < 4.78 is 18.6. The summed E-state index contributed by atoms with van der Waals surface area (Å²) in [5.41, 5.74) is 19.4. The van der Waals surface area contributed by atoms with E-state index in [0.29, 0.717) is 11.8 Å². The third-order valence-corrected chi connectivity index (χ3v) is 18.0. The lowest BCUT2D eigenvalue weighted by molar-refractivity contribution is 0.663. The average Bonchev–Trinajstić information content (AvgIpc) is 1.93. The van der Waals surface area contributed by atoms with E-state index in [9.17, 15) is 0 Å². The van der Waals surface area contributed by atoms with Crippen LogP contribution in [0.3, 0.4) is 0 Å². The van der Waals surface area contributed by atoms with Crippen LogP contribution in [0.1, 0.15) is 50.7 Å². The Labute approximate surface area is 497 Å². The minimum absolute atomic E-state index is 0.412. The van der Waals surface area contributed by atoms with Crippen molar-refractivity contribution in [3.05, 3.63) is 278 Å². The van der Waals surface area contributed by atoms with Crippen LogP contribution in [0.5, 0.6) is 0 Å². The first-order chi connectivity index (χ1) is 42.3. The van der Waals surface area contributed by atoms with Crippen LogP contribution >= 0.6 is 0 Å². The molecule has 86 heavy (non-hydrogen) atoms. The van der Waals surface area contributed by atoms with Crippen LogP contribution in [0.25, 0.3) is 120 Å². The van der Waals surface area contributed by atoms with Crippen molar-refractivity contribution in [2.45, 2.75) is 39.5 Å². The van der Waals surface area contributed by atoms with Crippen molar-refractivity contribution in [1.82, 2.24) is 9.13 Å². The summed E-state index contributed by atoms with van der Waals surface area (Å²) in [5, 5.41) is 13.5. The van der Waals surface area contributed by atoms with Crippen LogP contribution in [0.15, 0.2) is 276 Å². The molecule has 4 heterocycles. The van der Waals surface area contributed by atoms with Crippen LogP contribution in [-0.4, -0.2) is 9.13 Å². The van der Waals surface area contributed by atoms with Crippen LogP contribution in [0, 0.1) is 0 Å². The SMILES string of the molecule is CC(C)c1ccc(N(c2ccc3cc4c(cc3c2)oc2ccc3oc5cc6cc(N(c7ccc(C(C)C)cc7)c7cccc8c7c7ccccc7n8-c7ccccc7)ccc6cc5c3c24)c2cccc3c2c2ccccc2n3-c2ccccc2)cc1. The van der Waals surface area contributed by atoms with Crippen molar-refractivity contribution < 1.29 is 8.83 Å². The quantitative estimate of drug-likeness (QED) is 0.137. The van der Waals surface area contributed by atoms with E-state index in [0.717, 1.165) is 122 Å². The molecule has 13 aromatic carbocycles. The van der Waals surface area contributed by atoms with Gasteiger partial charge in [0.25, 0.3) is 0 Å². The number of fused-ring (bicyclic) bond motifs is 15. The van der Waals surface area contributed by atoms with E-state index in [1.165, 1.54) is 43.7 Å². The zero-order chi connectivity index (χ0) is 57.3. The molecular formula is C80H58N4O2. The molecule has 0 fully saturated rings. The molecule has 4 aromatic heterocycles. The number of anilines is 6. The Morgan fingerprint density at radius 2 is 0.663 bits per heavy atom. The highest BCUT2D eigenvalue weighted by Gasteiger charge is 2.25. The van der Waals surface area contributed by atoms with Crippen molar-refractivity contribution >= 4 is 143 Å². The Balaban J connectivity index is 0.803. The summed E-state index contributed by atoms with van der Waals surface area (Å²) in [5.74, 6) is 0.825. The zero-order valence-corrected chi connectivity index (χ0v) is 48.2. The highest BCUT2D eigenvalue weighted by Crippen LogP contribution is 2.49. The van der Waals surface area contributed by atoms with Crippen molar-refractivity contribution in [3.8, 4) is 11.4 Å². The van der Waals surface area contributed by atoms with Crippen LogP contribution in [-0.2, 0) is 0 Å². The van der Waals surface area contributed by atoms with Crippen LogP contribution in [0.4, 0.5) is 34.1 Å². The first-order valence-corrected chi connectivity index (χ1v) is 29.9. The molecule has 6 heteroatoms. The molecule has 0 radical (unpaired) electrons. The zero-order valence-electron chi connectivity index (χ0n) is 48.2. The van der Waals surface area contributed by atoms with Crippen LogP contribution < -0.4 is 9.80 Å². The molecule has 0 aliphatic rings. The molecule has 0 saturated carbocycles. The minimum atomic E-state index is 0.412. The third kappa shape index (κ3) is 7.72. The van der Waals surface area contributed by atoms with Gasteiger partial charge in [-0.2, -0.15) is 0 Å². The predicted molar refractivity (Wildman–Crippen MR) is 362 cm³/mol. The van der Waals surface area contributed by atoms with Crippen molar-refractivity contribution in [3.63, 3.8) is 0 Å². The number of aromatic nitrogens is 2. The predicted octanol–water partition coefficient (Wildman–Crippen LogP) is 23.2. The van der Waals surface area contributed by atoms with Gasteiger partial charge in [0.15, 0.2) is 0 Å². The van der Waals surface area contributed by atoms with Gasteiger partial charge < -0.3 is 27.8 Å². The van der Waals surface area contributed by atoms with E-state index < -0.39 is 0 Å². The van der Waals surface area contributed by atoms with Gasteiger partial charge in [0, 0.05) is 77.2 Å². The summed E-state index contributed by atoms with van der Waals surface area (Å²) in [7, 11) is 0. The molecule has 17 aromatic rings. The molecule has 410 valence electrons. The van der Waals surface area contributed by atoms with Gasteiger partial charge in [-0.25, -0.2) is 0 Å². The Hall–Kier alpha value is -10.8. The number of nitrogens with zero attached hydrogens (tertiary/aromatic N) is 4. The fourth-order valence-corrected chi connectivity index (χ4v) is 13.8. The molecule has 0 bridgehead atoms. The van der Waals surface area contributed by atoms with E-state index in [4.69, 9.17) is 8.83 Å². The van der Waals surface area contributed by atoms with E-state index in [2.05, 4.69) is 314 Å². The van der Waals surface area contributed by atoms with E-state index >= 15 is 0 Å². The topological polar surface area (TPSA) is 42.6 Å². The van der Waals surface area contributed by atoms with Gasteiger partial charge in [-0.05, 0) is 190 Å². The van der Waals surface area contributed by atoms with Crippen molar-refractivity contribution in [1.29, 1.82) is 0 Å². The Morgan fingerprint density at radius 1 is 0.279 bits per heavy atom. The molecule has 0 amide bonds. The summed E-state index contributed by atoms with van der Waals surface area (Å²) in [4.78, 5) is 4.86. The molecule has 0 spiro atoms. The first-order valence-electron chi connectivity index (χ1n) is 29.9. The largest absolute Gasteiger partial charge is 0.456 e. The van der Waals surface area contributed by atoms with E-state index in [-0.39, 0.29) is 0 Å². The van der Waals surface area contributed by atoms with Gasteiger partial charge in [-0.3, -0.25) is 0 Å². The van der Waals surface area contributed by atoms with Gasteiger partial charge in [0.2, 0.25) is 0 Å².